The molecule has 1 saturated carbocycles. The molecule has 1 aliphatic rings. The SMILES string of the molecule is CCC1CCC/C1=N\O. The first-order chi connectivity index (χ1) is 4.38. The highest BCUT2D eigenvalue weighted by Gasteiger charge is 2.20. The van der Waals surface area contributed by atoms with Crippen LogP contribution in [-0.2, 0) is 0 Å². The lowest BCUT2D eigenvalue weighted by Gasteiger charge is -2.02. The van der Waals surface area contributed by atoms with Crippen LogP contribution < -0.4 is 0 Å². The van der Waals surface area contributed by atoms with Crippen LogP contribution in [0, 0.1) is 5.92 Å². The van der Waals surface area contributed by atoms with Crippen molar-refractivity contribution in [3.8, 4) is 0 Å². The molecule has 0 aliphatic heterocycles. The predicted molar refractivity (Wildman–Crippen MR) is 36.9 cm³/mol. The first-order valence-corrected chi connectivity index (χ1v) is 3.59. The molecule has 0 aromatic carbocycles. The fourth-order valence-electron chi connectivity index (χ4n) is 1.47. The van der Waals surface area contributed by atoms with E-state index in [9.17, 15) is 0 Å². The topological polar surface area (TPSA) is 32.6 Å². The number of rotatable bonds is 1. The molecule has 1 rings (SSSR count). The molecule has 0 spiro atoms. The van der Waals surface area contributed by atoms with Crippen LogP contribution in [0.2, 0.25) is 0 Å². The Labute approximate surface area is 55.6 Å². The molecule has 2 heteroatoms. The van der Waals surface area contributed by atoms with Crippen LogP contribution in [0.4, 0.5) is 0 Å². The maximum absolute atomic E-state index is 8.46. The Hall–Kier alpha value is -0.530. The molecule has 9 heavy (non-hydrogen) atoms. The van der Waals surface area contributed by atoms with E-state index in [1.165, 1.54) is 12.8 Å². The average molecular weight is 127 g/mol. The maximum Gasteiger partial charge on any atom is 0.0601 e. The van der Waals surface area contributed by atoms with Gasteiger partial charge in [0, 0.05) is 5.92 Å². The highest BCUT2D eigenvalue weighted by atomic mass is 16.4. The lowest BCUT2D eigenvalue weighted by Crippen LogP contribution is -2.04. The van der Waals surface area contributed by atoms with Crippen molar-refractivity contribution < 1.29 is 5.21 Å². The van der Waals surface area contributed by atoms with E-state index in [1.807, 2.05) is 0 Å². The molecule has 0 heterocycles. The summed E-state index contributed by atoms with van der Waals surface area (Å²) in [6.07, 6.45) is 4.56. The fourth-order valence-corrected chi connectivity index (χ4v) is 1.47. The van der Waals surface area contributed by atoms with Crippen molar-refractivity contribution in [3.63, 3.8) is 0 Å². The summed E-state index contributed by atoms with van der Waals surface area (Å²) in [5.74, 6) is 0.579. The summed E-state index contributed by atoms with van der Waals surface area (Å²) < 4.78 is 0. The molecule has 52 valence electrons. The molecule has 0 aromatic heterocycles. The van der Waals surface area contributed by atoms with E-state index in [4.69, 9.17) is 5.21 Å². The molecule has 2 nitrogen and oxygen atoms in total. The maximum atomic E-state index is 8.46. The molecule has 0 bridgehead atoms. The lowest BCUT2D eigenvalue weighted by molar-refractivity contribution is 0.314. The minimum absolute atomic E-state index is 0.579. The van der Waals surface area contributed by atoms with Gasteiger partial charge in [-0.3, -0.25) is 0 Å². The van der Waals surface area contributed by atoms with Crippen molar-refractivity contribution in [2.45, 2.75) is 32.6 Å². The summed E-state index contributed by atoms with van der Waals surface area (Å²) in [7, 11) is 0. The molecule has 0 radical (unpaired) electrons. The summed E-state index contributed by atoms with van der Waals surface area (Å²) in [5.41, 5.74) is 1.01. The minimum Gasteiger partial charge on any atom is -0.411 e. The van der Waals surface area contributed by atoms with Gasteiger partial charge in [-0.1, -0.05) is 12.1 Å². The summed E-state index contributed by atoms with van der Waals surface area (Å²) in [6, 6.07) is 0. The van der Waals surface area contributed by atoms with Crippen molar-refractivity contribution in [1.29, 1.82) is 0 Å². The zero-order valence-electron chi connectivity index (χ0n) is 5.80. The Balaban J connectivity index is 2.52. The summed E-state index contributed by atoms with van der Waals surface area (Å²) >= 11 is 0. The number of hydrogen-bond donors (Lipinski definition) is 1. The van der Waals surface area contributed by atoms with Crippen LogP contribution in [-0.4, -0.2) is 10.9 Å². The first kappa shape index (κ1) is 6.59. The standard InChI is InChI=1S/C7H13NO/c1-2-6-4-3-5-7(6)8-9/h6,9H,2-5H2,1H3/b8-7+. The van der Waals surface area contributed by atoms with Gasteiger partial charge < -0.3 is 5.21 Å². The zero-order valence-corrected chi connectivity index (χ0v) is 5.80. The van der Waals surface area contributed by atoms with E-state index in [2.05, 4.69) is 12.1 Å². The van der Waals surface area contributed by atoms with E-state index in [0.717, 1.165) is 18.6 Å². The number of nitrogens with zero attached hydrogens (tertiary/aromatic N) is 1. The van der Waals surface area contributed by atoms with E-state index in [0.29, 0.717) is 5.92 Å². The molecule has 1 aliphatic carbocycles. The second-order valence-corrected chi connectivity index (χ2v) is 2.59. The Morgan fingerprint density at radius 1 is 1.78 bits per heavy atom. The molecular weight excluding hydrogens is 114 g/mol. The molecule has 1 atom stereocenters. The van der Waals surface area contributed by atoms with Crippen molar-refractivity contribution >= 4 is 5.71 Å². The van der Waals surface area contributed by atoms with E-state index >= 15 is 0 Å². The third-order valence-electron chi connectivity index (χ3n) is 2.08. The predicted octanol–water partition coefficient (Wildman–Crippen LogP) is 2.03. The Morgan fingerprint density at radius 3 is 3.00 bits per heavy atom. The highest BCUT2D eigenvalue weighted by Crippen LogP contribution is 2.24. The van der Waals surface area contributed by atoms with Gasteiger partial charge in [0.15, 0.2) is 0 Å². The Bertz CT molecular complexity index is 120. The van der Waals surface area contributed by atoms with Gasteiger partial charge >= 0.3 is 0 Å². The molecule has 1 unspecified atom stereocenters. The Kier molecular flexibility index (Phi) is 2.09. The van der Waals surface area contributed by atoms with Gasteiger partial charge in [-0.05, 0) is 25.7 Å². The van der Waals surface area contributed by atoms with Crippen molar-refractivity contribution in [1.82, 2.24) is 0 Å². The normalized spacial score (nSPS) is 31.7. The van der Waals surface area contributed by atoms with Crippen LogP contribution in [0.25, 0.3) is 0 Å². The smallest absolute Gasteiger partial charge is 0.0601 e. The second-order valence-electron chi connectivity index (χ2n) is 2.59. The minimum atomic E-state index is 0.579. The summed E-state index contributed by atoms with van der Waals surface area (Å²) in [5, 5.41) is 11.7. The van der Waals surface area contributed by atoms with Crippen LogP contribution in [0.5, 0.6) is 0 Å². The van der Waals surface area contributed by atoms with Gasteiger partial charge in [-0.15, -0.1) is 0 Å². The Morgan fingerprint density at radius 2 is 2.56 bits per heavy atom. The van der Waals surface area contributed by atoms with Gasteiger partial charge in [0.05, 0.1) is 5.71 Å². The lowest BCUT2D eigenvalue weighted by atomic mass is 10.0. The van der Waals surface area contributed by atoms with Crippen LogP contribution in [0.3, 0.4) is 0 Å². The van der Waals surface area contributed by atoms with Gasteiger partial charge in [0.1, 0.15) is 0 Å². The zero-order chi connectivity index (χ0) is 6.69. The highest BCUT2D eigenvalue weighted by molar-refractivity contribution is 5.87. The number of hydrogen-bond acceptors (Lipinski definition) is 2. The van der Waals surface area contributed by atoms with E-state index in [1.54, 1.807) is 0 Å². The van der Waals surface area contributed by atoms with E-state index in [-0.39, 0.29) is 0 Å². The van der Waals surface area contributed by atoms with Crippen LogP contribution in [0.15, 0.2) is 5.16 Å². The van der Waals surface area contributed by atoms with Crippen molar-refractivity contribution in [2.75, 3.05) is 0 Å². The largest absolute Gasteiger partial charge is 0.411 e. The first-order valence-electron chi connectivity index (χ1n) is 3.59. The number of oxime groups is 1. The molecular formula is C7H13NO. The average Bonchev–Trinajstić information content (AvgIpc) is 2.33. The third kappa shape index (κ3) is 1.23. The molecule has 0 aromatic rings. The molecule has 0 saturated heterocycles. The van der Waals surface area contributed by atoms with Crippen molar-refractivity contribution in [3.05, 3.63) is 0 Å². The molecule has 1 N–H and O–H groups in total. The van der Waals surface area contributed by atoms with Gasteiger partial charge in [-0.25, -0.2) is 0 Å². The second kappa shape index (κ2) is 2.85. The quantitative estimate of drug-likeness (QED) is 0.424. The monoisotopic (exact) mass is 127 g/mol. The van der Waals surface area contributed by atoms with Crippen molar-refractivity contribution in [2.24, 2.45) is 11.1 Å². The third-order valence-corrected chi connectivity index (χ3v) is 2.08. The molecule has 1 fully saturated rings. The fraction of sp³-hybridized carbons (Fsp3) is 0.857. The van der Waals surface area contributed by atoms with Crippen LogP contribution >= 0.6 is 0 Å². The van der Waals surface area contributed by atoms with Gasteiger partial charge in [0.2, 0.25) is 0 Å². The van der Waals surface area contributed by atoms with Crippen LogP contribution in [0.1, 0.15) is 32.6 Å². The van der Waals surface area contributed by atoms with Gasteiger partial charge in [0.25, 0.3) is 0 Å². The molecule has 0 amide bonds. The summed E-state index contributed by atoms with van der Waals surface area (Å²) in [6.45, 7) is 2.14. The summed E-state index contributed by atoms with van der Waals surface area (Å²) in [4.78, 5) is 0. The van der Waals surface area contributed by atoms with Gasteiger partial charge in [-0.2, -0.15) is 0 Å². The van der Waals surface area contributed by atoms with E-state index < -0.39 is 0 Å².